The fourth-order valence-electron chi connectivity index (χ4n) is 14.8. The SMILES string of the molecule is CC1(C)c2ccc(-c3ccccc3)cc2N(c2cc3c4c(c2)-n2c5ccc6ccccc6c5c5c6ccccc6cc(c52)B4c2cc4ccccc4c4c5c6ccccc6ccc5n-3c24)c2cc(-c3ccccc3)ccc21. The molecule has 0 amide bonds. The number of benzene rings is 13. The molecule has 4 heteroatoms. The molecule has 15 aromatic rings. The quantitative estimate of drug-likeness (QED) is 0.161. The minimum atomic E-state index is -0.299. The summed E-state index contributed by atoms with van der Waals surface area (Å²) in [5.74, 6) is 0. The van der Waals surface area contributed by atoms with Crippen LogP contribution in [0, 0.1) is 0 Å². The molecule has 0 spiro atoms. The topological polar surface area (TPSA) is 13.1 Å². The van der Waals surface area contributed by atoms with E-state index < -0.39 is 0 Å². The molecule has 3 aliphatic rings. The lowest BCUT2D eigenvalue weighted by Crippen LogP contribution is -2.59. The van der Waals surface area contributed by atoms with Crippen LogP contribution < -0.4 is 21.3 Å². The van der Waals surface area contributed by atoms with Gasteiger partial charge in [0.25, 0.3) is 6.71 Å². The zero-order chi connectivity index (χ0) is 50.4. The van der Waals surface area contributed by atoms with Gasteiger partial charge in [-0.3, -0.25) is 0 Å². The first kappa shape index (κ1) is 41.7. The lowest BCUT2D eigenvalue weighted by Gasteiger charge is -2.43. The Morgan fingerprint density at radius 1 is 0.325 bits per heavy atom. The number of nitrogens with zero attached hydrogens (tertiary/aromatic N) is 3. The summed E-state index contributed by atoms with van der Waals surface area (Å²) in [7, 11) is 0. The van der Waals surface area contributed by atoms with Crippen molar-refractivity contribution in [1.29, 1.82) is 0 Å². The maximum Gasteiger partial charge on any atom is 0.252 e. The largest absolute Gasteiger partial charge is 0.310 e. The second kappa shape index (κ2) is 14.8. The Bertz CT molecular complexity index is 4820. The van der Waals surface area contributed by atoms with Crippen LogP contribution in [0.1, 0.15) is 25.0 Å². The lowest BCUT2D eigenvalue weighted by molar-refractivity contribution is 0.632. The minimum absolute atomic E-state index is 0.0614. The first-order chi connectivity index (χ1) is 38.0. The molecule has 3 aliphatic heterocycles. The van der Waals surface area contributed by atoms with Crippen LogP contribution >= 0.6 is 0 Å². The van der Waals surface area contributed by atoms with Crippen LogP contribution in [0.5, 0.6) is 0 Å². The number of hydrogen-bond donors (Lipinski definition) is 0. The van der Waals surface area contributed by atoms with Crippen molar-refractivity contribution >= 4 is 127 Å². The van der Waals surface area contributed by atoms with Crippen molar-refractivity contribution in [3.8, 4) is 33.6 Å². The molecule has 77 heavy (non-hydrogen) atoms. The van der Waals surface area contributed by atoms with Crippen molar-refractivity contribution in [2.24, 2.45) is 0 Å². The van der Waals surface area contributed by atoms with E-state index in [1.165, 1.54) is 159 Å². The van der Waals surface area contributed by atoms with Crippen molar-refractivity contribution in [1.82, 2.24) is 9.13 Å². The molecule has 18 rings (SSSR count). The van der Waals surface area contributed by atoms with Gasteiger partial charge in [0.15, 0.2) is 0 Å². The third-order valence-electron chi connectivity index (χ3n) is 18.2. The molecular formula is C73H46BN3. The van der Waals surface area contributed by atoms with E-state index in [1.54, 1.807) is 0 Å². The Balaban J connectivity index is 1.06. The normalized spacial score (nSPS) is 13.9. The monoisotopic (exact) mass is 975 g/mol. The molecule has 0 saturated heterocycles. The zero-order valence-corrected chi connectivity index (χ0v) is 42.5. The predicted octanol–water partition coefficient (Wildman–Crippen LogP) is 17.1. The Morgan fingerprint density at radius 3 is 1.18 bits per heavy atom. The summed E-state index contributed by atoms with van der Waals surface area (Å²) in [6, 6.07) is 92.2. The highest BCUT2D eigenvalue weighted by atomic mass is 15.2. The fourth-order valence-corrected chi connectivity index (χ4v) is 14.8. The third kappa shape index (κ3) is 5.37. The first-order valence-corrected chi connectivity index (χ1v) is 27.1. The van der Waals surface area contributed by atoms with Crippen molar-refractivity contribution in [2.45, 2.75) is 19.3 Å². The molecule has 13 aromatic carbocycles. The Morgan fingerprint density at radius 2 is 0.727 bits per heavy atom. The van der Waals surface area contributed by atoms with E-state index in [0.717, 1.165) is 5.69 Å². The summed E-state index contributed by atoms with van der Waals surface area (Å²) in [5.41, 5.74) is 22.2. The van der Waals surface area contributed by atoms with Gasteiger partial charge in [0.2, 0.25) is 0 Å². The zero-order valence-electron chi connectivity index (χ0n) is 42.5. The smallest absolute Gasteiger partial charge is 0.252 e. The van der Waals surface area contributed by atoms with E-state index in [-0.39, 0.29) is 12.1 Å². The van der Waals surface area contributed by atoms with Gasteiger partial charge < -0.3 is 14.0 Å². The standard InChI is InChI=1S/C73H46BN3/c1-73(2)56-33-29-47(43-17-5-3-6-18-43)39-62(56)75(63-40-48(30-34-57(63)73)44-19-7-4-8-20-44)51-41-64-70-65(42-51)77-61-36-32-46-22-10-14-26-53(46)67(61)69-55-28-16-12-24-50(55)38-59(72(69)77)74(70)58-37-49-23-11-15-27-54(49)68-66-52-25-13-9-21-45(52)31-35-60(66)76(64)71(58)68/h3-42H,1-2H3. The molecule has 0 radical (unpaired) electrons. The Labute approximate surface area is 445 Å². The van der Waals surface area contributed by atoms with E-state index in [9.17, 15) is 0 Å². The van der Waals surface area contributed by atoms with E-state index in [0.29, 0.717) is 0 Å². The second-order valence-electron chi connectivity index (χ2n) is 22.3. The number of aromatic nitrogens is 2. The van der Waals surface area contributed by atoms with Gasteiger partial charge in [-0.25, -0.2) is 0 Å². The molecule has 0 N–H and O–H groups in total. The Kier molecular flexibility index (Phi) is 8.02. The molecule has 0 saturated carbocycles. The minimum Gasteiger partial charge on any atom is -0.310 e. The van der Waals surface area contributed by atoms with Crippen LogP contribution in [0.4, 0.5) is 17.1 Å². The summed E-state index contributed by atoms with van der Waals surface area (Å²) in [5, 5.41) is 15.4. The van der Waals surface area contributed by atoms with E-state index >= 15 is 0 Å². The molecule has 0 bridgehead atoms. The van der Waals surface area contributed by atoms with Crippen LogP contribution in [0.25, 0.3) is 120 Å². The average Bonchev–Trinajstić information content (AvgIpc) is 4.18. The molecule has 356 valence electrons. The summed E-state index contributed by atoms with van der Waals surface area (Å²) in [4.78, 5) is 2.63. The van der Waals surface area contributed by atoms with Crippen LogP contribution in [0.3, 0.4) is 0 Å². The highest BCUT2D eigenvalue weighted by Gasteiger charge is 2.44. The summed E-state index contributed by atoms with van der Waals surface area (Å²) in [6.45, 7) is 4.76. The molecule has 0 unspecified atom stereocenters. The molecule has 2 aromatic heterocycles. The van der Waals surface area contributed by atoms with Crippen molar-refractivity contribution < 1.29 is 0 Å². The van der Waals surface area contributed by atoms with Gasteiger partial charge in [-0.05, 0) is 129 Å². The van der Waals surface area contributed by atoms with Gasteiger partial charge in [0.05, 0.1) is 39.1 Å². The molecule has 0 fully saturated rings. The highest BCUT2D eigenvalue weighted by molar-refractivity contribution is 7.00. The average molecular weight is 976 g/mol. The van der Waals surface area contributed by atoms with Gasteiger partial charge in [0, 0.05) is 38.3 Å². The third-order valence-corrected chi connectivity index (χ3v) is 18.2. The van der Waals surface area contributed by atoms with Crippen molar-refractivity contribution in [2.75, 3.05) is 4.90 Å². The fraction of sp³-hybridized carbons (Fsp3) is 0.0411. The first-order valence-electron chi connectivity index (χ1n) is 27.1. The molecule has 0 aliphatic carbocycles. The molecule has 3 nitrogen and oxygen atoms in total. The molecule has 0 atom stereocenters. The van der Waals surface area contributed by atoms with Gasteiger partial charge in [0.1, 0.15) is 0 Å². The van der Waals surface area contributed by atoms with Crippen molar-refractivity contribution in [3.63, 3.8) is 0 Å². The van der Waals surface area contributed by atoms with E-state index in [1.807, 2.05) is 0 Å². The van der Waals surface area contributed by atoms with Crippen LogP contribution in [0.15, 0.2) is 243 Å². The summed E-state index contributed by atoms with van der Waals surface area (Å²) < 4.78 is 5.36. The highest BCUT2D eigenvalue weighted by Crippen LogP contribution is 2.55. The van der Waals surface area contributed by atoms with Gasteiger partial charge in [-0.15, -0.1) is 0 Å². The summed E-state index contributed by atoms with van der Waals surface area (Å²) in [6.07, 6.45) is 0. The maximum atomic E-state index is 2.68. The van der Waals surface area contributed by atoms with Crippen LogP contribution in [0.2, 0.25) is 0 Å². The van der Waals surface area contributed by atoms with Gasteiger partial charge in [-0.2, -0.15) is 0 Å². The maximum absolute atomic E-state index is 2.68. The van der Waals surface area contributed by atoms with Crippen LogP contribution in [-0.2, 0) is 5.41 Å². The van der Waals surface area contributed by atoms with Crippen molar-refractivity contribution in [3.05, 3.63) is 254 Å². The molecule has 5 heterocycles. The molecular weight excluding hydrogens is 930 g/mol. The lowest BCUT2D eigenvalue weighted by atomic mass is 9.34. The number of rotatable bonds is 3. The summed E-state index contributed by atoms with van der Waals surface area (Å²) >= 11 is 0. The number of anilines is 3. The van der Waals surface area contributed by atoms with Crippen LogP contribution in [-0.4, -0.2) is 15.8 Å². The van der Waals surface area contributed by atoms with E-state index in [2.05, 4.69) is 271 Å². The van der Waals surface area contributed by atoms with Gasteiger partial charge >= 0.3 is 0 Å². The Hall–Kier alpha value is -9.64. The number of fused-ring (bicyclic) bond motifs is 20. The van der Waals surface area contributed by atoms with E-state index in [4.69, 9.17) is 0 Å². The number of hydrogen-bond acceptors (Lipinski definition) is 1. The van der Waals surface area contributed by atoms with Gasteiger partial charge in [-0.1, -0.05) is 220 Å². The predicted molar refractivity (Wildman–Crippen MR) is 327 cm³/mol. The second-order valence-corrected chi connectivity index (χ2v) is 22.3.